The van der Waals surface area contributed by atoms with Crippen LogP contribution in [0.1, 0.15) is 21.9 Å². The maximum atomic E-state index is 12.1. The number of nitrogens with one attached hydrogen (secondary N) is 1. The first kappa shape index (κ1) is 15.6. The van der Waals surface area contributed by atoms with Gasteiger partial charge in [0.15, 0.2) is 0 Å². The van der Waals surface area contributed by atoms with E-state index in [0.717, 1.165) is 0 Å². The van der Waals surface area contributed by atoms with Crippen LogP contribution in [-0.4, -0.2) is 19.5 Å². The Morgan fingerprint density at radius 1 is 1.38 bits per heavy atom. The number of furan rings is 1. The van der Waals surface area contributed by atoms with E-state index in [1.54, 1.807) is 6.07 Å². The van der Waals surface area contributed by atoms with Crippen LogP contribution in [0.5, 0.6) is 0 Å². The van der Waals surface area contributed by atoms with Crippen LogP contribution in [0.2, 0.25) is 5.02 Å². The predicted molar refractivity (Wildman–Crippen MR) is 75.9 cm³/mol. The number of carboxylic acids is 1. The average molecular weight is 330 g/mol. The van der Waals surface area contributed by atoms with E-state index < -0.39 is 16.0 Å². The van der Waals surface area contributed by atoms with E-state index in [-0.39, 0.29) is 28.5 Å². The molecule has 8 heteroatoms. The summed E-state index contributed by atoms with van der Waals surface area (Å²) in [4.78, 5) is 10.9. The first-order valence-electron chi connectivity index (χ1n) is 5.87. The lowest BCUT2D eigenvalue weighted by Crippen LogP contribution is -2.23. The molecule has 2 N–H and O–H groups in total. The van der Waals surface area contributed by atoms with Gasteiger partial charge in [0.05, 0.1) is 11.4 Å². The molecule has 2 aromatic rings. The molecule has 0 saturated heterocycles. The van der Waals surface area contributed by atoms with Crippen molar-refractivity contribution in [3.8, 4) is 0 Å². The smallest absolute Gasteiger partial charge is 0.339 e. The van der Waals surface area contributed by atoms with Crippen molar-refractivity contribution in [1.29, 1.82) is 0 Å². The Morgan fingerprint density at radius 3 is 2.67 bits per heavy atom. The van der Waals surface area contributed by atoms with E-state index in [4.69, 9.17) is 21.1 Å². The van der Waals surface area contributed by atoms with Gasteiger partial charge in [-0.25, -0.2) is 17.9 Å². The number of hydrogen-bond donors (Lipinski definition) is 2. The van der Waals surface area contributed by atoms with Crippen molar-refractivity contribution in [3.05, 3.63) is 52.4 Å². The van der Waals surface area contributed by atoms with Crippen LogP contribution in [0.4, 0.5) is 0 Å². The van der Waals surface area contributed by atoms with Crippen molar-refractivity contribution in [1.82, 2.24) is 4.72 Å². The Morgan fingerprint density at radius 2 is 2.10 bits per heavy atom. The molecule has 1 heterocycles. The lowest BCUT2D eigenvalue weighted by atomic mass is 10.2. The minimum atomic E-state index is -3.75. The van der Waals surface area contributed by atoms with Gasteiger partial charge in [-0.15, -0.1) is 0 Å². The van der Waals surface area contributed by atoms with Gasteiger partial charge >= 0.3 is 5.97 Å². The standard InChI is InChI=1S/C13H12ClNO5S/c1-8-12(13(16)17)6-10(20-8)7-15-21(18,19)11-4-2-3-9(14)5-11/h2-6,15H,7H2,1H3,(H,16,17). The minimum Gasteiger partial charge on any atom is -0.478 e. The number of carboxylic acid groups (broad SMARTS) is 1. The van der Waals surface area contributed by atoms with E-state index in [9.17, 15) is 13.2 Å². The van der Waals surface area contributed by atoms with Crippen LogP contribution in [-0.2, 0) is 16.6 Å². The summed E-state index contributed by atoms with van der Waals surface area (Å²) in [5.74, 6) is -0.685. The molecule has 21 heavy (non-hydrogen) atoms. The van der Waals surface area contributed by atoms with E-state index in [2.05, 4.69) is 4.72 Å². The molecule has 0 bridgehead atoms. The number of aromatic carboxylic acids is 1. The van der Waals surface area contributed by atoms with Gasteiger partial charge in [-0.1, -0.05) is 17.7 Å². The summed E-state index contributed by atoms with van der Waals surface area (Å²) in [6.45, 7) is 1.35. The van der Waals surface area contributed by atoms with Gasteiger partial charge in [0, 0.05) is 5.02 Å². The summed E-state index contributed by atoms with van der Waals surface area (Å²) in [5.41, 5.74) is 0.00644. The van der Waals surface area contributed by atoms with Crippen molar-refractivity contribution >= 4 is 27.6 Å². The van der Waals surface area contributed by atoms with Gasteiger partial charge < -0.3 is 9.52 Å². The first-order valence-corrected chi connectivity index (χ1v) is 7.73. The Hall–Kier alpha value is -1.83. The Labute approximate surface area is 126 Å². The van der Waals surface area contributed by atoms with Gasteiger partial charge in [0.2, 0.25) is 10.0 Å². The lowest BCUT2D eigenvalue weighted by Gasteiger charge is -2.05. The average Bonchev–Trinajstić information content (AvgIpc) is 2.78. The molecule has 0 radical (unpaired) electrons. The normalized spacial score (nSPS) is 11.5. The van der Waals surface area contributed by atoms with Gasteiger partial charge in [0.1, 0.15) is 17.1 Å². The Kier molecular flexibility index (Phi) is 4.36. The second kappa shape index (κ2) is 5.88. The number of aryl methyl sites for hydroxylation is 1. The predicted octanol–water partition coefficient (Wildman–Crippen LogP) is 2.42. The third-order valence-corrected chi connectivity index (χ3v) is 4.38. The Balaban J connectivity index is 2.15. The van der Waals surface area contributed by atoms with Crippen molar-refractivity contribution in [3.63, 3.8) is 0 Å². The number of hydrogen-bond acceptors (Lipinski definition) is 4. The minimum absolute atomic E-state index is 0.00644. The van der Waals surface area contributed by atoms with Crippen LogP contribution < -0.4 is 4.72 Å². The van der Waals surface area contributed by atoms with Crippen molar-refractivity contribution in [2.24, 2.45) is 0 Å². The van der Waals surface area contributed by atoms with E-state index >= 15 is 0 Å². The summed E-state index contributed by atoms with van der Waals surface area (Å²) in [5, 5.41) is 9.21. The largest absolute Gasteiger partial charge is 0.478 e. The number of halogens is 1. The Bertz CT molecular complexity index is 782. The highest BCUT2D eigenvalue weighted by molar-refractivity contribution is 7.89. The molecule has 0 fully saturated rings. The van der Waals surface area contributed by atoms with E-state index in [0.29, 0.717) is 5.02 Å². The first-order chi connectivity index (χ1) is 9.79. The fourth-order valence-corrected chi connectivity index (χ4v) is 3.02. The second-order valence-electron chi connectivity index (χ2n) is 4.27. The molecule has 0 aliphatic heterocycles. The molecule has 0 atom stereocenters. The third kappa shape index (κ3) is 3.63. The van der Waals surface area contributed by atoms with E-state index in [1.165, 1.54) is 31.2 Å². The highest BCUT2D eigenvalue weighted by Crippen LogP contribution is 2.17. The van der Waals surface area contributed by atoms with Gasteiger partial charge in [-0.2, -0.15) is 0 Å². The van der Waals surface area contributed by atoms with E-state index in [1.807, 2.05) is 0 Å². The summed E-state index contributed by atoms with van der Waals surface area (Å²) in [6, 6.07) is 7.11. The second-order valence-corrected chi connectivity index (χ2v) is 6.47. The maximum absolute atomic E-state index is 12.1. The molecular formula is C13H12ClNO5S. The molecule has 1 aromatic heterocycles. The molecule has 0 amide bonds. The molecular weight excluding hydrogens is 318 g/mol. The zero-order chi connectivity index (χ0) is 15.6. The highest BCUT2D eigenvalue weighted by Gasteiger charge is 2.17. The molecule has 2 rings (SSSR count). The molecule has 112 valence electrons. The lowest BCUT2D eigenvalue weighted by molar-refractivity contribution is 0.0695. The number of sulfonamides is 1. The molecule has 0 aliphatic rings. The highest BCUT2D eigenvalue weighted by atomic mass is 35.5. The maximum Gasteiger partial charge on any atom is 0.339 e. The van der Waals surface area contributed by atoms with Gasteiger partial charge in [0.25, 0.3) is 0 Å². The van der Waals surface area contributed by atoms with Crippen LogP contribution in [0.15, 0.2) is 39.6 Å². The van der Waals surface area contributed by atoms with Crippen LogP contribution in [0.25, 0.3) is 0 Å². The number of benzene rings is 1. The summed E-state index contributed by atoms with van der Waals surface area (Å²) in [7, 11) is -3.75. The molecule has 0 spiro atoms. The van der Waals surface area contributed by atoms with Crippen LogP contribution in [0, 0.1) is 6.92 Å². The third-order valence-electron chi connectivity index (χ3n) is 2.74. The summed E-state index contributed by atoms with van der Waals surface area (Å²) in [6.07, 6.45) is 0. The summed E-state index contributed by atoms with van der Waals surface area (Å²) < 4.78 is 31.6. The fourth-order valence-electron chi connectivity index (χ4n) is 1.73. The SMILES string of the molecule is Cc1oc(CNS(=O)(=O)c2cccc(Cl)c2)cc1C(=O)O. The van der Waals surface area contributed by atoms with Crippen molar-refractivity contribution in [2.75, 3.05) is 0 Å². The van der Waals surface area contributed by atoms with Gasteiger partial charge in [-0.3, -0.25) is 0 Å². The number of rotatable bonds is 5. The fraction of sp³-hybridized carbons (Fsp3) is 0.154. The zero-order valence-electron chi connectivity index (χ0n) is 11.0. The molecule has 1 aromatic carbocycles. The topological polar surface area (TPSA) is 96.6 Å². The van der Waals surface area contributed by atoms with Crippen molar-refractivity contribution < 1.29 is 22.7 Å². The van der Waals surface area contributed by atoms with Crippen LogP contribution >= 0.6 is 11.6 Å². The molecule has 0 saturated carbocycles. The molecule has 6 nitrogen and oxygen atoms in total. The monoisotopic (exact) mass is 329 g/mol. The molecule has 0 aliphatic carbocycles. The quantitative estimate of drug-likeness (QED) is 0.878. The van der Waals surface area contributed by atoms with Crippen LogP contribution in [0.3, 0.4) is 0 Å². The summed E-state index contributed by atoms with van der Waals surface area (Å²) >= 11 is 5.75. The zero-order valence-corrected chi connectivity index (χ0v) is 12.5. The molecule has 0 unspecified atom stereocenters. The van der Waals surface area contributed by atoms with Crippen molar-refractivity contribution in [2.45, 2.75) is 18.4 Å². The van der Waals surface area contributed by atoms with Gasteiger partial charge in [-0.05, 0) is 31.2 Å². The number of carbonyl (C=O) groups is 1.